The number of aryl methyl sites for hydroxylation is 2. The molecule has 0 aliphatic heterocycles. The average molecular weight is 573 g/mol. The molecular weight excluding hydrogens is 544 g/mol. The van der Waals surface area contributed by atoms with Gasteiger partial charge in [-0.15, -0.1) is 0 Å². The number of amides is 1. The highest BCUT2D eigenvalue weighted by molar-refractivity contribution is 7.22. The summed E-state index contributed by atoms with van der Waals surface area (Å²) in [6.07, 6.45) is -0.661. The molecule has 0 spiro atoms. The second-order valence-electron chi connectivity index (χ2n) is 10.1. The number of thiazole rings is 1. The highest BCUT2D eigenvalue weighted by atomic mass is 32.1. The van der Waals surface area contributed by atoms with Gasteiger partial charge in [-0.05, 0) is 50.6 Å². The Labute approximate surface area is 247 Å². The average Bonchev–Trinajstić information content (AvgIpc) is 3.42. The van der Waals surface area contributed by atoms with Crippen molar-refractivity contribution in [2.24, 2.45) is 0 Å². The summed E-state index contributed by atoms with van der Waals surface area (Å²) in [5.41, 5.74) is 7.98. The van der Waals surface area contributed by atoms with Gasteiger partial charge < -0.3 is 4.74 Å². The van der Waals surface area contributed by atoms with Crippen molar-refractivity contribution in [1.29, 1.82) is 0 Å². The van der Waals surface area contributed by atoms with E-state index in [1.165, 1.54) is 11.3 Å². The van der Waals surface area contributed by atoms with E-state index < -0.39 is 18.0 Å². The Morgan fingerprint density at radius 1 is 0.762 bits per heavy atom. The summed E-state index contributed by atoms with van der Waals surface area (Å²) in [5, 5.41) is 3.26. The van der Waals surface area contributed by atoms with Crippen molar-refractivity contribution in [2.75, 3.05) is 5.32 Å². The van der Waals surface area contributed by atoms with Crippen LogP contribution in [0.15, 0.2) is 91.0 Å². The number of hydrogen-bond donors (Lipinski definition) is 1. The van der Waals surface area contributed by atoms with E-state index in [9.17, 15) is 9.59 Å². The van der Waals surface area contributed by atoms with Crippen LogP contribution in [0, 0.1) is 13.8 Å². The van der Waals surface area contributed by atoms with Crippen LogP contribution in [0.3, 0.4) is 0 Å². The van der Waals surface area contributed by atoms with Gasteiger partial charge in [-0.25, -0.2) is 19.7 Å². The van der Waals surface area contributed by atoms with Crippen LogP contribution in [0.4, 0.5) is 5.13 Å². The van der Waals surface area contributed by atoms with Gasteiger partial charge in [0.05, 0.1) is 38.2 Å². The summed E-state index contributed by atoms with van der Waals surface area (Å²) >= 11 is 1.37. The topological polar surface area (TPSA) is 94.1 Å². The first-order valence-electron chi connectivity index (χ1n) is 13.7. The Morgan fingerprint density at radius 3 is 2.00 bits per heavy atom. The lowest BCUT2D eigenvalue weighted by Gasteiger charge is -2.15. The molecule has 8 heteroatoms. The van der Waals surface area contributed by atoms with Gasteiger partial charge in [-0.3, -0.25) is 10.1 Å². The van der Waals surface area contributed by atoms with E-state index in [1.54, 1.807) is 25.1 Å². The van der Waals surface area contributed by atoms with Crippen LogP contribution in [-0.4, -0.2) is 32.9 Å². The van der Waals surface area contributed by atoms with Crippen LogP contribution in [0.25, 0.3) is 43.8 Å². The summed E-state index contributed by atoms with van der Waals surface area (Å²) in [5.74, 6) is -1.03. The van der Waals surface area contributed by atoms with Crippen LogP contribution in [0.1, 0.15) is 34.8 Å². The molecule has 1 unspecified atom stereocenters. The zero-order valence-corrected chi connectivity index (χ0v) is 24.2. The molecule has 1 N–H and O–H groups in total. The zero-order chi connectivity index (χ0) is 29.2. The molecule has 1 amide bonds. The standard InChI is InChI=1S/C34H28N4O3S/c1-4-28(32(39)38-34-37-26-7-5-6-8-29(26)42-34)41-33(40)24-17-18-25-27(19-24)36-31(23-15-11-21(3)12-16-23)30(35-25)22-13-9-20(2)10-14-22/h5-19,28H,4H2,1-3H3,(H,37,38,39). The van der Waals surface area contributed by atoms with E-state index in [-0.39, 0.29) is 0 Å². The molecule has 0 bridgehead atoms. The lowest BCUT2D eigenvalue weighted by Crippen LogP contribution is -2.32. The number of carbonyl (C=O) groups excluding carboxylic acids is 2. The molecule has 0 fully saturated rings. The van der Waals surface area contributed by atoms with Gasteiger partial charge in [0.1, 0.15) is 0 Å². The van der Waals surface area contributed by atoms with Crippen molar-refractivity contribution in [3.63, 3.8) is 0 Å². The zero-order valence-electron chi connectivity index (χ0n) is 23.4. The van der Waals surface area contributed by atoms with E-state index in [0.29, 0.717) is 28.1 Å². The predicted molar refractivity (Wildman–Crippen MR) is 168 cm³/mol. The van der Waals surface area contributed by atoms with Gasteiger partial charge in [0.2, 0.25) is 0 Å². The lowest BCUT2D eigenvalue weighted by molar-refractivity contribution is -0.124. The second kappa shape index (κ2) is 11.5. The fraction of sp³-hybridized carbons (Fsp3) is 0.147. The number of benzene rings is 4. The molecule has 6 aromatic rings. The Balaban J connectivity index is 1.29. The van der Waals surface area contributed by atoms with Crippen molar-refractivity contribution < 1.29 is 14.3 Å². The second-order valence-corrected chi connectivity index (χ2v) is 11.2. The largest absolute Gasteiger partial charge is 0.449 e. The molecule has 0 radical (unpaired) electrons. The molecule has 42 heavy (non-hydrogen) atoms. The number of hydrogen-bond acceptors (Lipinski definition) is 7. The maximum atomic E-state index is 13.2. The SMILES string of the molecule is CCC(OC(=O)c1ccc2nc(-c3ccc(C)cc3)c(-c3ccc(C)cc3)nc2c1)C(=O)Nc1nc2ccccc2s1. The number of anilines is 1. The molecule has 0 aliphatic rings. The normalized spacial score (nSPS) is 11.9. The number of carbonyl (C=O) groups is 2. The summed E-state index contributed by atoms with van der Waals surface area (Å²) in [6, 6.07) is 29.0. The Hall–Kier alpha value is -4.95. The Bertz CT molecular complexity index is 1900. The first-order chi connectivity index (χ1) is 20.4. The van der Waals surface area contributed by atoms with Crippen LogP contribution < -0.4 is 5.32 Å². The van der Waals surface area contributed by atoms with Crippen LogP contribution >= 0.6 is 11.3 Å². The predicted octanol–water partition coefficient (Wildman–Crippen LogP) is 7.76. The third kappa shape index (κ3) is 5.62. The third-order valence-corrected chi connectivity index (χ3v) is 7.94. The number of fused-ring (bicyclic) bond motifs is 2. The molecule has 6 rings (SSSR count). The molecule has 0 saturated heterocycles. The van der Waals surface area contributed by atoms with Crippen LogP contribution in [-0.2, 0) is 9.53 Å². The van der Waals surface area contributed by atoms with Gasteiger partial charge in [-0.1, -0.05) is 90.1 Å². The fourth-order valence-electron chi connectivity index (χ4n) is 4.64. The summed E-state index contributed by atoms with van der Waals surface area (Å²) in [4.78, 5) is 40.6. The third-order valence-electron chi connectivity index (χ3n) is 6.99. The smallest absolute Gasteiger partial charge is 0.338 e. The number of aromatic nitrogens is 3. The quantitative estimate of drug-likeness (QED) is 0.197. The minimum Gasteiger partial charge on any atom is -0.449 e. The molecule has 2 aromatic heterocycles. The van der Waals surface area contributed by atoms with Crippen molar-refractivity contribution in [3.05, 3.63) is 108 Å². The highest BCUT2D eigenvalue weighted by Gasteiger charge is 2.24. The molecule has 4 aromatic carbocycles. The van der Waals surface area contributed by atoms with Crippen molar-refractivity contribution in [2.45, 2.75) is 33.3 Å². The van der Waals surface area contributed by atoms with Crippen molar-refractivity contribution in [1.82, 2.24) is 15.0 Å². The molecule has 2 heterocycles. The van der Waals surface area contributed by atoms with Crippen molar-refractivity contribution in [3.8, 4) is 22.5 Å². The van der Waals surface area contributed by atoms with Gasteiger partial charge in [0, 0.05) is 11.1 Å². The highest BCUT2D eigenvalue weighted by Crippen LogP contribution is 2.32. The van der Waals surface area contributed by atoms with Gasteiger partial charge in [0.15, 0.2) is 11.2 Å². The monoisotopic (exact) mass is 572 g/mol. The van der Waals surface area contributed by atoms with E-state index in [1.807, 2.05) is 74.5 Å². The first-order valence-corrected chi connectivity index (χ1v) is 14.5. The summed E-state index contributed by atoms with van der Waals surface area (Å²) in [6.45, 7) is 5.88. The molecule has 1 atom stereocenters. The van der Waals surface area contributed by atoms with Gasteiger partial charge in [0.25, 0.3) is 5.91 Å². The van der Waals surface area contributed by atoms with Gasteiger partial charge >= 0.3 is 5.97 Å². The maximum absolute atomic E-state index is 13.2. The minimum absolute atomic E-state index is 0.293. The van der Waals surface area contributed by atoms with Crippen molar-refractivity contribution >= 4 is 49.6 Å². The summed E-state index contributed by atoms with van der Waals surface area (Å²) < 4.78 is 6.62. The lowest BCUT2D eigenvalue weighted by atomic mass is 10.0. The maximum Gasteiger partial charge on any atom is 0.338 e. The first kappa shape index (κ1) is 27.2. The number of rotatable bonds is 7. The number of ether oxygens (including phenoxy) is 1. The Kier molecular flexibility index (Phi) is 7.46. The van der Waals surface area contributed by atoms with E-state index >= 15 is 0 Å². The number of nitrogens with one attached hydrogen (secondary N) is 1. The number of para-hydroxylation sites is 1. The molecule has 0 saturated carbocycles. The number of nitrogens with zero attached hydrogens (tertiary/aromatic N) is 3. The Morgan fingerprint density at radius 2 is 1.38 bits per heavy atom. The van der Waals surface area contributed by atoms with E-state index in [4.69, 9.17) is 14.7 Å². The van der Waals surface area contributed by atoms with Crippen LogP contribution in [0.2, 0.25) is 0 Å². The molecule has 0 aliphatic carbocycles. The minimum atomic E-state index is -0.974. The molecular formula is C34H28N4O3S. The summed E-state index contributed by atoms with van der Waals surface area (Å²) in [7, 11) is 0. The molecule has 7 nitrogen and oxygen atoms in total. The van der Waals surface area contributed by atoms with Crippen LogP contribution in [0.5, 0.6) is 0 Å². The van der Waals surface area contributed by atoms with Gasteiger partial charge in [-0.2, -0.15) is 0 Å². The van der Waals surface area contributed by atoms with E-state index in [2.05, 4.69) is 22.4 Å². The fourth-order valence-corrected chi connectivity index (χ4v) is 5.51. The van der Waals surface area contributed by atoms with E-state index in [0.717, 1.165) is 43.9 Å². The molecule has 208 valence electrons. The number of esters is 1.